The Kier molecular flexibility index (Phi) is 2.71. The highest BCUT2D eigenvalue weighted by atomic mass is 16.7. The third-order valence-corrected chi connectivity index (χ3v) is 4.09. The Morgan fingerprint density at radius 2 is 2.06 bits per heavy atom. The van der Waals surface area contributed by atoms with Gasteiger partial charge in [0, 0.05) is 12.1 Å². The van der Waals surface area contributed by atoms with Crippen LogP contribution in [0.4, 0.5) is 0 Å². The summed E-state index contributed by atoms with van der Waals surface area (Å²) < 4.78 is 10.7. The van der Waals surface area contributed by atoms with Crippen molar-refractivity contribution in [3.05, 3.63) is 23.8 Å². The van der Waals surface area contributed by atoms with Gasteiger partial charge in [-0.1, -0.05) is 13.0 Å². The molecule has 17 heavy (non-hydrogen) atoms. The summed E-state index contributed by atoms with van der Waals surface area (Å²) in [6.45, 7) is 3.54. The Bertz CT molecular complexity index is 407. The molecule has 3 rings (SSSR count). The Labute approximate surface area is 102 Å². The fourth-order valence-corrected chi connectivity index (χ4v) is 2.60. The number of hydrogen-bond donors (Lipinski definition) is 1. The average molecular weight is 233 g/mol. The molecule has 0 bridgehead atoms. The Hall–Kier alpha value is -1.22. The second-order valence-electron chi connectivity index (χ2n) is 5.03. The van der Waals surface area contributed by atoms with Crippen LogP contribution >= 0.6 is 0 Å². The van der Waals surface area contributed by atoms with Gasteiger partial charge in [0.25, 0.3) is 0 Å². The van der Waals surface area contributed by atoms with Crippen molar-refractivity contribution in [1.82, 2.24) is 5.32 Å². The summed E-state index contributed by atoms with van der Waals surface area (Å²) in [5.41, 5.74) is 1.67. The molecule has 1 heterocycles. The van der Waals surface area contributed by atoms with E-state index >= 15 is 0 Å². The molecule has 1 aliphatic heterocycles. The van der Waals surface area contributed by atoms with Gasteiger partial charge >= 0.3 is 0 Å². The molecule has 1 aliphatic carbocycles. The molecule has 1 fully saturated rings. The Morgan fingerprint density at radius 1 is 1.24 bits per heavy atom. The number of ether oxygens (including phenoxy) is 2. The molecule has 3 nitrogen and oxygen atoms in total. The Balaban J connectivity index is 1.65. The highest BCUT2D eigenvalue weighted by Crippen LogP contribution is 2.36. The van der Waals surface area contributed by atoms with Crippen LogP contribution in [0.5, 0.6) is 11.5 Å². The summed E-state index contributed by atoms with van der Waals surface area (Å²) in [6, 6.07) is 6.19. The maximum Gasteiger partial charge on any atom is 0.231 e. The zero-order valence-electron chi connectivity index (χ0n) is 10.3. The van der Waals surface area contributed by atoms with Crippen LogP contribution in [0, 0.1) is 0 Å². The smallest absolute Gasteiger partial charge is 0.231 e. The minimum atomic E-state index is 0.352. The van der Waals surface area contributed by atoms with Gasteiger partial charge in [0.15, 0.2) is 11.5 Å². The third kappa shape index (κ3) is 2.00. The van der Waals surface area contributed by atoms with Crippen LogP contribution in [-0.4, -0.2) is 12.3 Å². The summed E-state index contributed by atoms with van der Waals surface area (Å²) in [4.78, 5) is 0. The van der Waals surface area contributed by atoms with Crippen LogP contribution in [-0.2, 0) is 6.54 Å². The van der Waals surface area contributed by atoms with Gasteiger partial charge < -0.3 is 14.8 Å². The van der Waals surface area contributed by atoms with Gasteiger partial charge in [0.05, 0.1) is 0 Å². The number of rotatable bonds is 4. The zero-order valence-corrected chi connectivity index (χ0v) is 10.3. The number of fused-ring (bicyclic) bond motifs is 1. The van der Waals surface area contributed by atoms with Crippen molar-refractivity contribution < 1.29 is 9.47 Å². The van der Waals surface area contributed by atoms with Crippen molar-refractivity contribution in [2.24, 2.45) is 0 Å². The van der Waals surface area contributed by atoms with Crippen molar-refractivity contribution >= 4 is 0 Å². The highest BCUT2D eigenvalue weighted by molar-refractivity contribution is 5.44. The van der Waals surface area contributed by atoms with Gasteiger partial charge in [-0.25, -0.2) is 0 Å². The van der Waals surface area contributed by atoms with E-state index in [0.29, 0.717) is 12.3 Å². The molecule has 0 aromatic heterocycles. The monoisotopic (exact) mass is 233 g/mol. The fourth-order valence-electron chi connectivity index (χ4n) is 2.60. The van der Waals surface area contributed by atoms with Gasteiger partial charge in [-0.05, 0) is 43.4 Å². The van der Waals surface area contributed by atoms with Crippen molar-refractivity contribution in [3.8, 4) is 11.5 Å². The third-order valence-electron chi connectivity index (χ3n) is 4.09. The van der Waals surface area contributed by atoms with Gasteiger partial charge in [0.1, 0.15) is 0 Å². The van der Waals surface area contributed by atoms with Crippen molar-refractivity contribution in [2.45, 2.75) is 44.7 Å². The number of nitrogens with one attached hydrogen (secondary N) is 1. The molecule has 0 saturated heterocycles. The number of benzene rings is 1. The minimum absolute atomic E-state index is 0.352. The first-order valence-electron chi connectivity index (χ1n) is 6.45. The van der Waals surface area contributed by atoms with Gasteiger partial charge in [-0.3, -0.25) is 0 Å². The molecule has 2 aliphatic rings. The van der Waals surface area contributed by atoms with Gasteiger partial charge in [-0.2, -0.15) is 0 Å². The average Bonchev–Trinajstić information content (AvgIpc) is 2.75. The fraction of sp³-hybridized carbons (Fsp3) is 0.571. The van der Waals surface area contributed by atoms with Crippen LogP contribution in [0.2, 0.25) is 0 Å². The lowest BCUT2D eigenvalue weighted by Gasteiger charge is -2.42. The SMILES string of the molecule is CCC1(NCc2ccc3c(c2)OCO3)CCC1. The van der Waals surface area contributed by atoms with Crippen LogP contribution in [0.25, 0.3) is 0 Å². The quantitative estimate of drug-likeness (QED) is 0.867. The molecule has 92 valence electrons. The van der Waals surface area contributed by atoms with Crippen LogP contribution in [0.1, 0.15) is 38.2 Å². The molecule has 0 atom stereocenters. The summed E-state index contributed by atoms with van der Waals surface area (Å²) in [7, 11) is 0. The van der Waals surface area contributed by atoms with E-state index in [-0.39, 0.29) is 0 Å². The molecule has 3 heteroatoms. The van der Waals surface area contributed by atoms with E-state index in [1.807, 2.05) is 6.07 Å². The van der Waals surface area contributed by atoms with Crippen molar-refractivity contribution in [3.63, 3.8) is 0 Å². The van der Waals surface area contributed by atoms with E-state index in [0.717, 1.165) is 18.0 Å². The van der Waals surface area contributed by atoms with E-state index in [1.165, 1.54) is 31.2 Å². The molecular formula is C14H19NO2. The zero-order chi connectivity index (χ0) is 11.7. The molecular weight excluding hydrogens is 214 g/mol. The lowest BCUT2D eigenvalue weighted by molar-refractivity contribution is 0.173. The largest absolute Gasteiger partial charge is 0.454 e. The van der Waals surface area contributed by atoms with Crippen molar-refractivity contribution in [2.75, 3.05) is 6.79 Å². The second-order valence-corrected chi connectivity index (χ2v) is 5.03. The maximum absolute atomic E-state index is 5.39. The molecule has 0 unspecified atom stereocenters. The molecule has 1 aromatic rings. The molecule has 1 saturated carbocycles. The lowest BCUT2D eigenvalue weighted by atomic mass is 9.75. The van der Waals surface area contributed by atoms with E-state index in [9.17, 15) is 0 Å². The lowest BCUT2D eigenvalue weighted by Crippen LogP contribution is -2.49. The summed E-state index contributed by atoms with van der Waals surface area (Å²) in [5, 5.41) is 3.69. The molecule has 1 aromatic carbocycles. The topological polar surface area (TPSA) is 30.5 Å². The first kappa shape index (κ1) is 10.9. The van der Waals surface area contributed by atoms with E-state index < -0.39 is 0 Å². The summed E-state index contributed by atoms with van der Waals surface area (Å²) in [6.07, 6.45) is 5.21. The van der Waals surface area contributed by atoms with E-state index in [1.54, 1.807) is 0 Å². The summed E-state index contributed by atoms with van der Waals surface area (Å²) >= 11 is 0. The molecule has 1 N–H and O–H groups in total. The standard InChI is InChI=1S/C14H19NO2/c1-2-14(6-3-7-14)15-9-11-4-5-12-13(8-11)17-10-16-12/h4-5,8,15H,2-3,6-7,9-10H2,1H3. The predicted molar refractivity (Wildman–Crippen MR) is 66.3 cm³/mol. The predicted octanol–water partition coefficient (Wildman–Crippen LogP) is 2.84. The highest BCUT2D eigenvalue weighted by Gasteiger charge is 2.34. The molecule has 0 spiro atoms. The van der Waals surface area contributed by atoms with Crippen LogP contribution in [0.3, 0.4) is 0 Å². The summed E-state index contributed by atoms with van der Waals surface area (Å²) in [5.74, 6) is 1.74. The normalized spacial score (nSPS) is 20.1. The van der Waals surface area contributed by atoms with Gasteiger partial charge in [0.2, 0.25) is 6.79 Å². The van der Waals surface area contributed by atoms with Crippen molar-refractivity contribution in [1.29, 1.82) is 0 Å². The second kappa shape index (κ2) is 4.22. The van der Waals surface area contributed by atoms with Crippen LogP contribution in [0.15, 0.2) is 18.2 Å². The Morgan fingerprint density at radius 3 is 2.76 bits per heavy atom. The van der Waals surface area contributed by atoms with E-state index in [4.69, 9.17) is 9.47 Å². The first-order chi connectivity index (χ1) is 8.31. The number of hydrogen-bond acceptors (Lipinski definition) is 3. The molecule has 0 amide bonds. The van der Waals surface area contributed by atoms with Gasteiger partial charge in [-0.15, -0.1) is 0 Å². The minimum Gasteiger partial charge on any atom is -0.454 e. The molecule has 0 radical (unpaired) electrons. The first-order valence-corrected chi connectivity index (χ1v) is 6.45. The van der Waals surface area contributed by atoms with Crippen LogP contribution < -0.4 is 14.8 Å². The maximum atomic E-state index is 5.39. The van der Waals surface area contributed by atoms with E-state index in [2.05, 4.69) is 24.4 Å².